The maximum Gasteiger partial charge on any atom is 0.226 e. The summed E-state index contributed by atoms with van der Waals surface area (Å²) in [6, 6.07) is 0. The van der Waals surface area contributed by atoms with Crippen LogP contribution in [0, 0.1) is 11.8 Å². The van der Waals surface area contributed by atoms with E-state index in [9.17, 15) is 4.79 Å². The van der Waals surface area contributed by atoms with Crippen molar-refractivity contribution in [3.05, 3.63) is 0 Å². The number of nitrogens with zero attached hydrogens (tertiary/aromatic N) is 1. The minimum Gasteiger partial charge on any atom is -0.381 e. The Morgan fingerprint density at radius 3 is 2.83 bits per heavy atom. The van der Waals surface area contributed by atoms with Crippen molar-refractivity contribution in [3.63, 3.8) is 0 Å². The third-order valence-corrected chi connectivity index (χ3v) is 3.81. The summed E-state index contributed by atoms with van der Waals surface area (Å²) in [5.74, 6) is 1.04. The fourth-order valence-electron chi connectivity index (χ4n) is 2.80. The largest absolute Gasteiger partial charge is 0.381 e. The number of carbonyl (C=O) groups excluding carboxylic acids is 1. The maximum atomic E-state index is 12.2. The number of hydrogen-bond donors (Lipinski definition) is 1. The highest BCUT2D eigenvalue weighted by Gasteiger charge is 2.25. The molecule has 2 atom stereocenters. The molecule has 18 heavy (non-hydrogen) atoms. The molecule has 2 saturated heterocycles. The first-order valence-electron chi connectivity index (χ1n) is 6.81. The van der Waals surface area contributed by atoms with Crippen LogP contribution in [-0.4, -0.2) is 50.7 Å². The second kappa shape index (κ2) is 7.97. The number of hydrogen-bond acceptors (Lipinski definition) is 3. The molecule has 2 aliphatic rings. The molecule has 106 valence electrons. The van der Waals surface area contributed by atoms with Crippen LogP contribution in [0.4, 0.5) is 0 Å². The topological polar surface area (TPSA) is 41.6 Å². The van der Waals surface area contributed by atoms with Gasteiger partial charge in [0.1, 0.15) is 0 Å². The van der Waals surface area contributed by atoms with Crippen LogP contribution in [0.15, 0.2) is 0 Å². The molecule has 0 aromatic carbocycles. The lowest BCUT2D eigenvalue weighted by Gasteiger charge is -2.31. The maximum absolute atomic E-state index is 12.2. The van der Waals surface area contributed by atoms with Crippen LogP contribution in [-0.2, 0) is 9.53 Å². The second-order valence-electron chi connectivity index (χ2n) is 5.35. The fraction of sp³-hybridized carbons (Fsp3) is 0.923. The summed E-state index contributed by atoms with van der Waals surface area (Å²) >= 11 is 0. The summed E-state index contributed by atoms with van der Waals surface area (Å²) < 4.78 is 5.46. The number of rotatable bonds is 3. The predicted molar refractivity (Wildman–Crippen MR) is 74.0 cm³/mol. The van der Waals surface area contributed by atoms with Gasteiger partial charge >= 0.3 is 0 Å². The molecule has 0 aromatic heterocycles. The van der Waals surface area contributed by atoms with Crippen LogP contribution in [0.3, 0.4) is 0 Å². The van der Waals surface area contributed by atoms with Crippen molar-refractivity contribution in [2.75, 3.05) is 39.9 Å². The highest BCUT2D eigenvalue weighted by Crippen LogP contribution is 2.17. The molecule has 2 aliphatic heterocycles. The Hall–Kier alpha value is -0.320. The average Bonchev–Trinajstić information content (AvgIpc) is 2.40. The molecule has 0 aromatic rings. The van der Waals surface area contributed by atoms with E-state index in [1.54, 1.807) is 0 Å². The molecule has 1 amide bonds. The molecule has 0 aliphatic carbocycles. The van der Waals surface area contributed by atoms with Crippen molar-refractivity contribution in [1.29, 1.82) is 0 Å². The number of halogens is 1. The zero-order valence-corrected chi connectivity index (χ0v) is 12.0. The Kier molecular flexibility index (Phi) is 6.97. The van der Waals surface area contributed by atoms with Crippen LogP contribution < -0.4 is 5.32 Å². The number of carbonyl (C=O) groups is 1. The number of piperidine rings is 1. The molecule has 4 nitrogen and oxygen atoms in total. The third-order valence-electron chi connectivity index (χ3n) is 3.81. The van der Waals surface area contributed by atoms with Gasteiger partial charge in [-0.15, -0.1) is 12.4 Å². The predicted octanol–water partition coefficient (Wildman–Crippen LogP) is 1.29. The Bertz CT molecular complexity index is 251. The Balaban J connectivity index is 0.00000162. The summed E-state index contributed by atoms with van der Waals surface area (Å²) in [5.41, 5.74) is 0. The Morgan fingerprint density at radius 2 is 2.22 bits per heavy atom. The first kappa shape index (κ1) is 15.7. The molecule has 2 heterocycles. The van der Waals surface area contributed by atoms with Gasteiger partial charge in [-0.1, -0.05) is 0 Å². The minimum absolute atomic E-state index is 0. The van der Waals surface area contributed by atoms with Gasteiger partial charge in [0.05, 0.1) is 12.5 Å². The Labute approximate surface area is 116 Å². The van der Waals surface area contributed by atoms with Crippen LogP contribution in [0.2, 0.25) is 0 Å². The van der Waals surface area contributed by atoms with Crippen LogP contribution in [0.25, 0.3) is 0 Å². The van der Waals surface area contributed by atoms with Crippen molar-refractivity contribution in [3.8, 4) is 0 Å². The van der Waals surface area contributed by atoms with Gasteiger partial charge in [0.2, 0.25) is 5.91 Å². The van der Waals surface area contributed by atoms with Gasteiger partial charge in [-0.05, 0) is 38.1 Å². The number of amides is 1. The molecule has 0 bridgehead atoms. The van der Waals surface area contributed by atoms with Crippen molar-refractivity contribution in [2.24, 2.45) is 11.8 Å². The van der Waals surface area contributed by atoms with E-state index in [0.717, 1.165) is 52.1 Å². The standard InChI is InChI=1S/C13H24N2O2.ClH/c1-15(9-11-4-3-7-17-10-11)13(16)12-5-2-6-14-8-12;/h11-12,14H,2-10H2,1H3;1H/t11?,12-;/m1./s1. The molecule has 2 rings (SSSR count). The second-order valence-corrected chi connectivity index (χ2v) is 5.35. The van der Waals surface area contributed by atoms with Crippen LogP contribution in [0.1, 0.15) is 25.7 Å². The van der Waals surface area contributed by atoms with E-state index < -0.39 is 0 Å². The van der Waals surface area contributed by atoms with Crippen molar-refractivity contribution < 1.29 is 9.53 Å². The van der Waals surface area contributed by atoms with E-state index >= 15 is 0 Å². The summed E-state index contributed by atoms with van der Waals surface area (Å²) in [5, 5.41) is 3.30. The van der Waals surface area contributed by atoms with Gasteiger partial charge < -0.3 is 15.0 Å². The highest BCUT2D eigenvalue weighted by atomic mass is 35.5. The van der Waals surface area contributed by atoms with Gasteiger partial charge in [-0.3, -0.25) is 4.79 Å². The lowest BCUT2D eigenvalue weighted by Crippen LogP contribution is -2.43. The van der Waals surface area contributed by atoms with Crippen molar-refractivity contribution >= 4 is 18.3 Å². The SMILES string of the molecule is CN(CC1CCCOC1)C(=O)[C@@H]1CCCNC1.Cl. The van der Waals surface area contributed by atoms with Gasteiger partial charge in [-0.25, -0.2) is 0 Å². The van der Waals surface area contributed by atoms with E-state index in [-0.39, 0.29) is 18.3 Å². The van der Waals surface area contributed by atoms with Crippen LogP contribution in [0.5, 0.6) is 0 Å². The van der Waals surface area contributed by atoms with E-state index in [1.165, 1.54) is 6.42 Å². The quantitative estimate of drug-likeness (QED) is 0.845. The monoisotopic (exact) mass is 276 g/mol. The normalized spacial score (nSPS) is 28.3. The lowest BCUT2D eigenvalue weighted by molar-refractivity contribution is -0.135. The summed E-state index contributed by atoms with van der Waals surface area (Å²) in [7, 11) is 1.94. The van der Waals surface area contributed by atoms with E-state index in [1.807, 2.05) is 11.9 Å². The van der Waals surface area contributed by atoms with E-state index in [2.05, 4.69) is 5.32 Å². The number of ether oxygens (including phenoxy) is 1. The molecule has 0 radical (unpaired) electrons. The molecule has 1 N–H and O–H groups in total. The summed E-state index contributed by atoms with van der Waals surface area (Å²) in [6.07, 6.45) is 4.49. The zero-order chi connectivity index (χ0) is 12.1. The van der Waals surface area contributed by atoms with E-state index in [0.29, 0.717) is 11.8 Å². The molecular formula is C13H25ClN2O2. The van der Waals surface area contributed by atoms with Crippen molar-refractivity contribution in [1.82, 2.24) is 10.2 Å². The molecule has 0 spiro atoms. The number of nitrogens with one attached hydrogen (secondary N) is 1. The average molecular weight is 277 g/mol. The summed E-state index contributed by atoms with van der Waals surface area (Å²) in [6.45, 7) is 4.48. The first-order chi connectivity index (χ1) is 8.27. The van der Waals surface area contributed by atoms with Crippen LogP contribution >= 0.6 is 12.4 Å². The van der Waals surface area contributed by atoms with Gasteiger partial charge in [0, 0.05) is 26.7 Å². The summed E-state index contributed by atoms with van der Waals surface area (Å²) in [4.78, 5) is 14.1. The van der Waals surface area contributed by atoms with Gasteiger partial charge in [0.25, 0.3) is 0 Å². The molecule has 0 saturated carbocycles. The molecule has 5 heteroatoms. The molecular weight excluding hydrogens is 252 g/mol. The first-order valence-corrected chi connectivity index (χ1v) is 6.81. The molecule has 1 unspecified atom stereocenters. The Morgan fingerprint density at radius 1 is 1.39 bits per heavy atom. The zero-order valence-electron chi connectivity index (χ0n) is 11.2. The smallest absolute Gasteiger partial charge is 0.226 e. The van der Waals surface area contributed by atoms with Gasteiger partial charge in [0.15, 0.2) is 0 Å². The lowest BCUT2D eigenvalue weighted by atomic mass is 9.97. The van der Waals surface area contributed by atoms with Gasteiger partial charge in [-0.2, -0.15) is 0 Å². The highest BCUT2D eigenvalue weighted by molar-refractivity contribution is 5.85. The minimum atomic E-state index is 0. The van der Waals surface area contributed by atoms with Crippen molar-refractivity contribution in [2.45, 2.75) is 25.7 Å². The van der Waals surface area contributed by atoms with E-state index in [4.69, 9.17) is 4.74 Å². The third kappa shape index (κ3) is 4.41. The fourth-order valence-corrected chi connectivity index (χ4v) is 2.80. The molecule has 2 fully saturated rings.